The van der Waals surface area contributed by atoms with Crippen LogP contribution in [0.3, 0.4) is 0 Å². The number of anilines is 3. The maximum absolute atomic E-state index is 12.0. The summed E-state index contributed by atoms with van der Waals surface area (Å²) >= 11 is 0. The normalized spacial score (nSPS) is 17.1. The summed E-state index contributed by atoms with van der Waals surface area (Å²) in [5, 5.41) is 9.87. The van der Waals surface area contributed by atoms with Crippen LogP contribution < -0.4 is 11.1 Å². The van der Waals surface area contributed by atoms with Gasteiger partial charge in [0, 0.05) is 49.0 Å². The number of nitrogen functional groups attached to an aromatic ring is 1. The number of hydrogen-bond donors (Lipinski definition) is 2. The lowest BCUT2D eigenvalue weighted by molar-refractivity contribution is -0.130. The second-order valence-corrected chi connectivity index (χ2v) is 7.54. The lowest BCUT2D eigenvalue weighted by atomic mass is 10.0. The van der Waals surface area contributed by atoms with Gasteiger partial charge >= 0.3 is 0 Å². The molecule has 3 N–H and O–H groups in total. The Balaban J connectivity index is 1.44. The standard InChI is InChI=1S/C20H22N6O/c1-25-5-4-15-9-19(24-26(15)11-20(25)27)23-18-8-14-6-13(12-2-3-12)7-17(21)16(14)10-22-18/h6-10,12H,2-5,11,21H2,1H3,(H,22,23,24). The minimum absolute atomic E-state index is 0.0790. The van der Waals surface area contributed by atoms with Crippen LogP contribution in [0.25, 0.3) is 10.8 Å². The van der Waals surface area contributed by atoms with E-state index in [1.54, 1.807) is 9.58 Å². The van der Waals surface area contributed by atoms with Crippen molar-refractivity contribution in [2.75, 3.05) is 24.6 Å². The summed E-state index contributed by atoms with van der Waals surface area (Å²) < 4.78 is 1.78. The maximum Gasteiger partial charge on any atom is 0.244 e. The molecule has 0 bridgehead atoms. The van der Waals surface area contributed by atoms with Crippen LogP contribution in [0.2, 0.25) is 0 Å². The SMILES string of the molecule is CN1CCc2cc(Nc3cc4cc(C5CC5)cc(N)c4cn3)nn2CC1=O. The van der Waals surface area contributed by atoms with Gasteiger partial charge in [0.1, 0.15) is 12.4 Å². The van der Waals surface area contributed by atoms with Crippen molar-refractivity contribution < 1.29 is 4.79 Å². The number of likely N-dealkylation sites (N-methyl/N-ethyl adjacent to an activating group) is 1. The summed E-state index contributed by atoms with van der Waals surface area (Å²) in [5.41, 5.74) is 9.37. The number of carbonyl (C=O) groups is 1. The Morgan fingerprint density at radius 2 is 2.04 bits per heavy atom. The fourth-order valence-electron chi connectivity index (χ4n) is 3.67. The summed E-state index contributed by atoms with van der Waals surface area (Å²) in [6.07, 6.45) is 5.09. The van der Waals surface area contributed by atoms with Gasteiger partial charge in [-0.2, -0.15) is 5.10 Å². The van der Waals surface area contributed by atoms with Crippen molar-refractivity contribution in [1.82, 2.24) is 19.7 Å². The molecule has 7 nitrogen and oxygen atoms in total. The van der Waals surface area contributed by atoms with Crippen molar-refractivity contribution in [1.29, 1.82) is 0 Å². The van der Waals surface area contributed by atoms with Crippen LogP contribution in [0.5, 0.6) is 0 Å². The van der Waals surface area contributed by atoms with Gasteiger partial charge in [-0.05, 0) is 41.8 Å². The Kier molecular flexibility index (Phi) is 3.56. The van der Waals surface area contributed by atoms with E-state index < -0.39 is 0 Å². The van der Waals surface area contributed by atoms with E-state index in [1.807, 2.05) is 25.4 Å². The number of nitrogens with two attached hydrogens (primary N) is 1. The first-order valence-electron chi connectivity index (χ1n) is 9.34. The molecule has 5 rings (SSSR count). The number of aromatic nitrogens is 3. The van der Waals surface area contributed by atoms with Crippen LogP contribution in [0, 0.1) is 0 Å². The minimum Gasteiger partial charge on any atom is -0.398 e. The fraction of sp³-hybridized carbons (Fsp3) is 0.350. The van der Waals surface area contributed by atoms with Gasteiger partial charge in [-0.25, -0.2) is 4.98 Å². The number of pyridine rings is 1. The quantitative estimate of drug-likeness (QED) is 0.699. The predicted molar refractivity (Wildman–Crippen MR) is 105 cm³/mol. The molecule has 1 saturated carbocycles. The molecule has 1 aromatic carbocycles. The van der Waals surface area contributed by atoms with Gasteiger partial charge < -0.3 is 16.0 Å². The van der Waals surface area contributed by atoms with E-state index >= 15 is 0 Å². The molecule has 0 unspecified atom stereocenters. The first-order chi connectivity index (χ1) is 13.1. The topological polar surface area (TPSA) is 89.1 Å². The molecule has 0 atom stereocenters. The molecule has 7 heteroatoms. The first kappa shape index (κ1) is 16.1. The minimum atomic E-state index is 0.0790. The highest BCUT2D eigenvalue weighted by molar-refractivity contribution is 5.94. The first-order valence-corrected chi connectivity index (χ1v) is 9.34. The lowest BCUT2D eigenvalue weighted by Crippen LogP contribution is -2.29. The molecular formula is C20H22N6O. The van der Waals surface area contributed by atoms with E-state index in [1.165, 1.54) is 18.4 Å². The van der Waals surface area contributed by atoms with Gasteiger partial charge in [0.05, 0.1) is 0 Å². The molecule has 0 spiro atoms. The monoisotopic (exact) mass is 362 g/mol. The van der Waals surface area contributed by atoms with Gasteiger partial charge in [-0.1, -0.05) is 6.07 Å². The van der Waals surface area contributed by atoms with E-state index in [2.05, 4.69) is 27.5 Å². The van der Waals surface area contributed by atoms with Gasteiger partial charge in [0.25, 0.3) is 0 Å². The Labute approximate surface area is 157 Å². The Morgan fingerprint density at radius 1 is 1.19 bits per heavy atom. The molecule has 1 fully saturated rings. The molecule has 1 amide bonds. The van der Waals surface area contributed by atoms with Crippen molar-refractivity contribution in [3.8, 4) is 0 Å². The van der Waals surface area contributed by atoms with Gasteiger partial charge in [0.15, 0.2) is 5.82 Å². The third-order valence-electron chi connectivity index (χ3n) is 5.47. The second-order valence-electron chi connectivity index (χ2n) is 7.54. The second kappa shape index (κ2) is 5.97. The van der Waals surface area contributed by atoms with Crippen molar-refractivity contribution in [2.24, 2.45) is 0 Å². The molecule has 1 aliphatic carbocycles. The predicted octanol–water partition coefficient (Wildman–Crippen LogP) is 2.65. The van der Waals surface area contributed by atoms with Crippen molar-refractivity contribution in [2.45, 2.75) is 31.7 Å². The van der Waals surface area contributed by atoms with Crippen LogP contribution in [0.4, 0.5) is 17.3 Å². The van der Waals surface area contributed by atoms with Crippen LogP contribution in [-0.4, -0.2) is 39.2 Å². The van der Waals surface area contributed by atoms with Crippen LogP contribution in [0.1, 0.15) is 30.0 Å². The Hall–Kier alpha value is -3.09. The summed E-state index contributed by atoms with van der Waals surface area (Å²) in [5.74, 6) is 2.17. The largest absolute Gasteiger partial charge is 0.398 e. The molecule has 3 aromatic rings. The Morgan fingerprint density at radius 3 is 2.85 bits per heavy atom. The lowest BCUT2D eigenvalue weighted by Gasteiger charge is -2.12. The van der Waals surface area contributed by atoms with E-state index in [0.29, 0.717) is 18.3 Å². The van der Waals surface area contributed by atoms with E-state index in [9.17, 15) is 4.79 Å². The highest BCUT2D eigenvalue weighted by Crippen LogP contribution is 2.42. The third-order valence-corrected chi connectivity index (χ3v) is 5.47. The van der Waals surface area contributed by atoms with Crippen LogP contribution >= 0.6 is 0 Å². The molecule has 1 aliphatic heterocycles. The number of nitrogens with one attached hydrogen (secondary N) is 1. The molecule has 0 saturated heterocycles. The number of amides is 1. The number of hydrogen-bond acceptors (Lipinski definition) is 5. The van der Waals surface area contributed by atoms with Crippen molar-refractivity contribution in [3.63, 3.8) is 0 Å². The molecule has 3 heterocycles. The van der Waals surface area contributed by atoms with Crippen molar-refractivity contribution >= 4 is 34.0 Å². The average molecular weight is 362 g/mol. The van der Waals surface area contributed by atoms with E-state index in [0.717, 1.165) is 34.4 Å². The molecule has 2 aromatic heterocycles. The van der Waals surface area contributed by atoms with Crippen LogP contribution in [0.15, 0.2) is 30.5 Å². The number of rotatable bonds is 3. The number of nitrogens with zero attached hydrogens (tertiary/aromatic N) is 4. The van der Waals surface area contributed by atoms with Crippen molar-refractivity contribution in [3.05, 3.63) is 41.7 Å². The maximum atomic E-state index is 12.0. The van der Waals surface area contributed by atoms with Gasteiger partial charge in [0.2, 0.25) is 5.91 Å². The zero-order valence-corrected chi connectivity index (χ0v) is 15.3. The van der Waals surface area contributed by atoms with E-state index in [-0.39, 0.29) is 12.5 Å². The summed E-state index contributed by atoms with van der Waals surface area (Å²) in [4.78, 5) is 18.3. The zero-order valence-electron chi connectivity index (χ0n) is 15.3. The Bertz CT molecular complexity index is 1050. The van der Waals surface area contributed by atoms with Crippen LogP contribution in [-0.2, 0) is 17.8 Å². The number of carbonyl (C=O) groups excluding carboxylic acids is 1. The molecule has 138 valence electrons. The summed E-state index contributed by atoms with van der Waals surface area (Å²) in [6.45, 7) is 0.987. The molecule has 27 heavy (non-hydrogen) atoms. The zero-order chi connectivity index (χ0) is 18.5. The number of fused-ring (bicyclic) bond motifs is 2. The summed E-state index contributed by atoms with van der Waals surface area (Å²) in [7, 11) is 1.83. The molecule has 2 aliphatic rings. The molecular weight excluding hydrogens is 340 g/mol. The van der Waals surface area contributed by atoms with Gasteiger partial charge in [-0.15, -0.1) is 0 Å². The fourth-order valence-corrected chi connectivity index (χ4v) is 3.67. The summed E-state index contributed by atoms with van der Waals surface area (Å²) in [6, 6.07) is 8.30. The third kappa shape index (κ3) is 2.99. The molecule has 0 radical (unpaired) electrons. The van der Waals surface area contributed by atoms with E-state index in [4.69, 9.17) is 5.73 Å². The highest BCUT2D eigenvalue weighted by atomic mass is 16.2. The average Bonchev–Trinajstić information content (AvgIpc) is 3.44. The number of benzene rings is 1. The highest BCUT2D eigenvalue weighted by Gasteiger charge is 2.24. The van der Waals surface area contributed by atoms with Gasteiger partial charge in [-0.3, -0.25) is 9.48 Å². The smallest absolute Gasteiger partial charge is 0.244 e.